The standard InChI is InChI=1S/C14H18ClN3O/c1-16-10-12-4-2-5-13(15)14(12)19-9-3-7-18-8-6-17-11-18/h2,4-6,8,11,16H,3,7,9-10H2,1H3. The second kappa shape index (κ2) is 7.16. The number of halogens is 1. The molecule has 102 valence electrons. The molecule has 5 heteroatoms. The van der Waals surface area contributed by atoms with Crippen LogP contribution in [0.15, 0.2) is 36.9 Å². The van der Waals surface area contributed by atoms with E-state index >= 15 is 0 Å². The van der Waals surface area contributed by atoms with Gasteiger partial charge in [0.15, 0.2) is 0 Å². The van der Waals surface area contributed by atoms with Crippen molar-refractivity contribution in [1.82, 2.24) is 14.9 Å². The van der Waals surface area contributed by atoms with Crippen molar-refractivity contribution in [3.05, 3.63) is 47.5 Å². The molecular formula is C14H18ClN3O. The molecule has 1 aromatic heterocycles. The predicted octanol–water partition coefficient (Wildman–Crippen LogP) is 2.73. The van der Waals surface area contributed by atoms with E-state index in [1.165, 1.54) is 0 Å². The molecule has 1 N–H and O–H groups in total. The maximum absolute atomic E-state index is 6.18. The Labute approximate surface area is 118 Å². The second-order valence-electron chi connectivity index (χ2n) is 4.26. The van der Waals surface area contributed by atoms with Crippen molar-refractivity contribution in [3.63, 3.8) is 0 Å². The second-order valence-corrected chi connectivity index (χ2v) is 4.67. The highest BCUT2D eigenvalue weighted by atomic mass is 35.5. The van der Waals surface area contributed by atoms with E-state index < -0.39 is 0 Å². The first kappa shape index (κ1) is 13.9. The third-order valence-corrected chi connectivity index (χ3v) is 3.08. The van der Waals surface area contributed by atoms with Crippen LogP contribution < -0.4 is 10.1 Å². The molecule has 0 atom stereocenters. The molecule has 0 spiro atoms. The fraction of sp³-hybridized carbons (Fsp3) is 0.357. The van der Waals surface area contributed by atoms with Crippen molar-refractivity contribution in [2.75, 3.05) is 13.7 Å². The number of nitrogens with zero attached hydrogens (tertiary/aromatic N) is 2. The summed E-state index contributed by atoms with van der Waals surface area (Å²) in [7, 11) is 1.91. The molecule has 0 unspecified atom stereocenters. The molecule has 1 heterocycles. The summed E-state index contributed by atoms with van der Waals surface area (Å²) in [6.07, 6.45) is 6.45. The lowest BCUT2D eigenvalue weighted by Gasteiger charge is -2.13. The van der Waals surface area contributed by atoms with E-state index in [0.29, 0.717) is 11.6 Å². The summed E-state index contributed by atoms with van der Waals surface area (Å²) in [4.78, 5) is 4.00. The molecule has 2 rings (SSSR count). The molecule has 19 heavy (non-hydrogen) atoms. The summed E-state index contributed by atoms with van der Waals surface area (Å²) < 4.78 is 7.85. The minimum atomic E-state index is 0.638. The van der Waals surface area contributed by atoms with Gasteiger partial charge in [-0.25, -0.2) is 4.98 Å². The molecule has 0 radical (unpaired) electrons. The number of benzene rings is 1. The minimum absolute atomic E-state index is 0.638. The Hall–Kier alpha value is -1.52. The highest BCUT2D eigenvalue weighted by Gasteiger charge is 2.07. The van der Waals surface area contributed by atoms with Gasteiger partial charge in [-0.15, -0.1) is 0 Å². The lowest BCUT2D eigenvalue weighted by atomic mass is 10.2. The summed E-state index contributed by atoms with van der Waals surface area (Å²) in [5.41, 5.74) is 1.08. The van der Waals surface area contributed by atoms with Crippen molar-refractivity contribution in [2.24, 2.45) is 0 Å². The Balaban J connectivity index is 1.88. The molecule has 1 aromatic carbocycles. The van der Waals surface area contributed by atoms with Gasteiger partial charge in [0.05, 0.1) is 18.0 Å². The van der Waals surface area contributed by atoms with E-state index in [9.17, 15) is 0 Å². The maximum Gasteiger partial charge on any atom is 0.142 e. The van der Waals surface area contributed by atoms with E-state index in [0.717, 1.165) is 30.8 Å². The van der Waals surface area contributed by atoms with E-state index in [4.69, 9.17) is 16.3 Å². The van der Waals surface area contributed by atoms with Gasteiger partial charge in [-0.05, 0) is 19.5 Å². The first-order valence-corrected chi connectivity index (χ1v) is 6.69. The largest absolute Gasteiger partial charge is 0.492 e. The van der Waals surface area contributed by atoms with Gasteiger partial charge in [-0.1, -0.05) is 23.7 Å². The Morgan fingerprint density at radius 1 is 1.42 bits per heavy atom. The van der Waals surface area contributed by atoms with Crippen LogP contribution in [0.5, 0.6) is 5.75 Å². The molecule has 0 bridgehead atoms. The number of imidazole rings is 1. The highest BCUT2D eigenvalue weighted by Crippen LogP contribution is 2.28. The monoisotopic (exact) mass is 279 g/mol. The summed E-state index contributed by atoms with van der Waals surface area (Å²) in [6, 6.07) is 5.81. The Bertz CT molecular complexity index is 499. The number of rotatable bonds is 7. The number of ether oxygens (including phenoxy) is 1. The zero-order valence-electron chi connectivity index (χ0n) is 11.0. The molecule has 2 aromatic rings. The van der Waals surface area contributed by atoms with Crippen molar-refractivity contribution in [1.29, 1.82) is 0 Å². The van der Waals surface area contributed by atoms with Crippen LogP contribution in [0.25, 0.3) is 0 Å². The molecule has 0 saturated carbocycles. The van der Waals surface area contributed by atoms with Crippen LogP contribution in [0.2, 0.25) is 5.02 Å². The SMILES string of the molecule is CNCc1cccc(Cl)c1OCCCn1ccnc1. The summed E-state index contributed by atoms with van der Waals surface area (Å²) >= 11 is 6.18. The third-order valence-electron chi connectivity index (χ3n) is 2.78. The summed E-state index contributed by atoms with van der Waals surface area (Å²) in [5.74, 6) is 0.782. The quantitative estimate of drug-likeness (QED) is 0.792. The summed E-state index contributed by atoms with van der Waals surface area (Å²) in [5, 5.41) is 3.78. The van der Waals surface area contributed by atoms with Gasteiger partial charge < -0.3 is 14.6 Å². The van der Waals surface area contributed by atoms with Crippen LogP contribution >= 0.6 is 11.6 Å². The van der Waals surface area contributed by atoms with E-state index in [2.05, 4.69) is 10.3 Å². The molecule has 0 aliphatic carbocycles. The topological polar surface area (TPSA) is 39.1 Å². The maximum atomic E-state index is 6.18. The molecule has 0 fully saturated rings. The fourth-order valence-corrected chi connectivity index (χ4v) is 2.13. The minimum Gasteiger partial charge on any atom is -0.492 e. The first-order chi connectivity index (χ1) is 9.31. The lowest BCUT2D eigenvalue weighted by molar-refractivity contribution is 0.298. The lowest BCUT2D eigenvalue weighted by Crippen LogP contribution is -2.09. The van der Waals surface area contributed by atoms with Crippen LogP contribution in [0.1, 0.15) is 12.0 Å². The van der Waals surface area contributed by atoms with Crippen LogP contribution in [0.4, 0.5) is 0 Å². The van der Waals surface area contributed by atoms with E-state index in [1.54, 1.807) is 6.20 Å². The van der Waals surface area contributed by atoms with Crippen LogP contribution in [0, 0.1) is 0 Å². The molecular weight excluding hydrogens is 262 g/mol. The third kappa shape index (κ3) is 3.98. The number of aromatic nitrogens is 2. The zero-order valence-corrected chi connectivity index (χ0v) is 11.7. The zero-order chi connectivity index (χ0) is 13.5. The number of aryl methyl sites for hydroxylation is 1. The van der Waals surface area contributed by atoms with Gasteiger partial charge in [-0.2, -0.15) is 0 Å². The molecule has 0 aliphatic rings. The fourth-order valence-electron chi connectivity index (χ4n) is 1.89. The van der Waals surface area contributed by atoms with E-state index in [-0.39, 0.29) is 0 Å². The van der Waals surface area contributed by atoms with Crippen LogP contribution in [-0.2, 0) is 13.1 Å². The average Bonchev–Trinajstić information content (AvgIpc) is 2.90. The van der Waals surface area contributed by atoms with Crippen molar-refractivity contribution in [2.45, 2.75) is 19.5 Å². The molecule has 0 amide bonds. The van der Waals surface area contributed by atoms with E-state index in [1.807, 2.05) is 42.3 Å². The molecule has 0 aliphatic heterocycles. The Kier molecular flexibility index (Phi) is 5.24. The average molecular weight is 280 g/mol. The highest BCUT2D eigenvalue weighted by molar-refractivity contribution is 6.32. The van der Waals surface area contributed by atoms with Gasteiger partial charge >= 0.3 is 0 Å². The number of hydrogen-bond donors (Lipinski definition) is 1. The normalized spacial score (nSPS) is 10.6. The van der Waals surface area contributed by atoms with Crippen LogP contribution in [-0.4, -0.2) is 23.2 Å². The van der Waals surface area contributed by atoms with Gasteiger partial charge in [0.25, 0.3) is 0 Å². The van der Waals surface area contributed by atoms with Gasteiger partial charge in [0.2, 0.25) is 0 Å². The van der Waals surface area contributed by atoms with Crippen molar-refractivity contribution >= 4 is 11.6 Å². The van der Waals surface area contributed by atoms with Crippen molar-refractivity contribution < 1.29 is 4.74 Å². The van der Waals surface area contributed by atoms with Gasteiger partial charge in [0, 0.05) is 31.0 Å². The predicted molar refractivity (Wildman–Crippen MR) is 76.6 cm³/mol. The van der Waals surface area contributed by atoms with Crippen molar-refractivity contribution in [3.8, 4) is 5.75 Å². The number of hydrogen-bond acceptors (Lipinski definition) is 3. The summed E-state index contributed by atoms with van der Waals surface area (Å²) in [6.45, 7) is 2.28. The van der Waals surface area contributed by atoms with Gasteiger partial charge in [0.1, 0.15) is 5.75 Å². The number of para-hydroxylation sites is 1. The van der Waals surface area contributed by atoms with Gasteiger partial charge in [-0.3, -0.25) is 0 Å². The molecule has 4 nitrogen and oxygen atoms in total. The number of nitrogens with one attached hydrogen (secondary N) is 1. The molecule has 0 saturated heterocycles. The Morgan fingerprint density at radius 2 is 2.32 bits per heavy atom. The van der Waals surface area contributed by atoms with Crippen LogP contribution in [0.3, 0.4) is 0 Å². The first-order valence-electron chi connectivity index (χ1n) is 6.32. The Morgan fingerprint density at radius 3 is 3.05 bits per heavy atom. The smallest absolute Gasteiger partial charge is 0.142 e.